The standard InChI is InChI=1S/C5H6N3O/c9-2-1-5-7-3-6-4-8-5/h3-4H,1-2H2. The molecule has 0 saturated carbocycles. The van der Waals surface area contributed by atoms with Crippen molar-refractivity contribution in [1.29, 1.82) is 0 Å². The SMILES string of the molecule is [O]CCc1ncncn1. The summed E-state index contributed by atoms with van der Waals surface area (Å²) >= 11 is 0. The maximum atomic E-state index is 10.00. The highest BCUT2D eigenvalue weighted by atomic mass is 16.3. The Bertz CT molecular complexity index is 165. The fraction of sp³-hybridized carbons (Fsp3) is 0.400. The lowest BCUT2D eigenvalue weighted by molar-refractivity contribution is 0.195. The molecule has 0 fully saturated rings. The van der Waals surface area contributed by atoms with E-state index < -0.39 is 0 Å². The molecule has 0 aliphatic heterocycles. The average molecular weight is 124 g/mol. The molecule has 1 aromatic rings. The van der Waals surface area contributed by atoms with Gasteiger partial charge in [0.1, 0.15) is 18.5 Å². The van der Waals surface area contributed by atoms with Crippen molar-refractivity contribution in [2.75, 3.05) is 6.61 Å². The van der Waals surface area contributed by atoms with Crippen molar-refractivity contribution in [3.8, 4) is 0 Å². The Labute approximate surface area is 52.6 Å². The Morgan fingerprint density at radius 1 is 1.33 bits per heavy atom. The molecule has 0 unspecified atom stereocenters. The van der Waals surface area contributed by atoms with Gasteiger partial charge in [-0.25, -0.2) is 20.1 Å². The van der Waals surface area contributed by atoms with Crippen LogP contribution < -0.4 is 0 Å². The molecule has 1 aromatic heterocycles. The van der Waals surface area contributed by atoms with Gasteiger partial charge in [0.2, 0.25) is 0 Å². The minimum Gasteiger partial charge on any atom is -0.236 e. The molecular weight excluding hydrogens is 118 g/mol. The second-order valence-electron chi connectivity index (χ2n) is 1.51. The maximum absolute atomic E-state index is 10.00. The zero-order valence-electron chi connectivity index (χ0n) is 4.82. The molecule has 4 heteroatoms. The van der Waals surface area contributed by atoms with Crippen LogP contribution in [0.1, 0.15) is 5.82 Å². The summed E-state index contributed by atoms with van der Waals surface area (Å²) in [6.07, 6.45) is 3.17. The summed E-state index contributed by atoms with van der Waals surface area (Å²) in [6, 6.07) is 0. The van der Waals surface area contributed by atoms with Crippen LogP contribution in [0.25, 0.3) is 0 Å². The second-order valence-corrected chi connectivity index (χ2v) is 1.51. The molecule has 0 bridgehead atoms. The van der Waals surface area contributed by atoms with E-state index in [1.165, 1.54) is 12.7 Å². The number of hydrogen-bond acceptors (Lipinski definition) is 3. The molecular formula is C5H6N3O. The van der Waals surface area contributed by atoms with Crippen LogP contribution in [0.15, 0.2) is 12.7 Å². The molecule has 0 aliphatic carbocycles. The van der Waals surface area contributed by atoms with Crippen molar-refractivity contribution in [3.05, 3.63) is 18.5 Å². The molecule has 1 heterocycles. The molecule has 0 N–H and O–H groups in total. The Kier molecular flexibility index (Phi) is 2.09. The average Bonchev–Trinajstić information content (AvgIpc) is 1.91. The highest BCUT2D eigenvalue weighted by Gasteiger charge is 1.90. The lowest BCUT2D eigenvalue weighted by Crippen LogP contribution is -1.96. The van der Waals surface area contributed by atoms with Gasteiger partial charge in [-0.2, -0.15) is 0 Å². The van der Waals surface area contributed by atoms with Gasteiger partial charge in [-0.3, -0.25) is 0 Å². The van der Waals surface area contributed by atoms with E-state index in [9.17, 15) is 5.11 Å². The lowest BCUT2D eigenvalue weighted by Gasteiger charge is -1.89. The minimum absolute atomic E-state index is 0.163. The molecule has 4 nitrogen and oxygen atoms in total. The Balaban J connectivity index is 2.61. The maximum Gasteiger partial charge on any atom is 0.134 e. The van der Waals surface area contributed by atoms with Gasteiger partial charge in [-0.05, 0) is 0 Å². The first-order valence-corrected chi connectivity index (χ1v) is 2.62. The monoisotopic (exact) mass is 124 g/mol. The van der Waals surface area contributed by atoms with Crippen LogP contribution in [0.2, 0.25) is 0 Å². The van der Waals surface area contributed by atoms with Gasteiger partial charge in [0.05, 0.1) is 6.61 Å². The van der Waals surface area contributed by atoms with Crippen LogP contribution in [0.3, 0.4) is 0 Å². The largest absolute Gasteiger partial charge is 0.236 e. The van der Waals surface area contributed by atoms with Crippen molar-refractivity contribution < 1.29 is 5.11 Å². The highest BCUT2D eigenvalue weighted by molar-refractivity contribution is 4.80. The lowest BCUT2D eigenvalue weighted by atomic mass is 10.4. The third-order valence-electron chi connectivity index (χ3n) is 0.873. The predicted molar refractivity (Wildman–Crippen MR) is 29.1 cm³/mol. The molecule has 0 aromatic carbocycles. The molecule has 1 radical (unpaired) electrons. The summed E-state index contributed by atoms with van der Waals surface area (Å²) in [4.78, 5) is 11.1. The number of hydrogen-bond donors (Lipinski definition) is 0. The number of nitrogens with zero attached hydrogens (tertiary/aromatic N) is 3. The molecule has 0 atom stereocenters. The summed E-state index contributed by atoms with van der Waals surface area (Å²) in [5, 5.41) is 10.00. The zero-order chi connectivity index (χ0) is 6.53. The molecule has 9 heavy (non-hydrogen) atoms. The molecule has 0 amide bonds. The number of aromatic nitrogens is 3. The van der Waals surface area contributed by atoms with E-state index in [1.54, 1.807) is 0 Å². The van der Waals surface area contributed by atoms with Crippen LogP contribution in [0, 0.1) is 0 Å². The molecule has 47 valence electrons. The van der Waals surface area contributed by atoms with Crippen molar-refractivity contribution >= 4 is 0 Å². The van der Waals surface area contributed by atoms with E-state index in [4.69, 9.17) is 0 Å². The van der Waals surface area contributed by atoms with E-state index in [1.807, 2.05) is 0 Å². The van der Waals surface area contributed by atoms with E-state index in [-0.39, 0.29) is 6.61 Å². The van der Waals surface area contributed by atoms with Gasteiger partial charge in [-0.1, -0.05) is 0 Å². The summed E-state index contributed by atoms with van der Waals surface area (Å²) in [5.41, 5.74) is 0. The Hall–Kier alpha value is -1.03. The second kappa shape index (κ2) is 3.09. The minimum atomic E-state index is -0.163. The Morgan fingerprint density at radius 3 is 2.56 bits per heavy atom. The van der Waals surface area contributed by atoms with Gasteiger partial charge in [0.25, 0.3) is 0 Å². The highest BCUT2D eigenvalue weighted by Crippen LogP contribution is 1.83. The van der Waals surface area contributed by atoms with E-state index in [2.05, 4.69) is 15.0 Å². The van der Waals surface area contributed by atoms with Crippen molar-refractivity contribution in [2.24, 2.45) is 0 Å². The first-order valence-electron chi connectivity index (χ1n) is 2.62. The predicted octanol–water partition coefficient (Wildman–Crippen LogP) is -0.155. The zero-order valence-corrected chi connectivity index (χ0v) is 4.82. The molecule has 0 aliphatic rings. The van der Waals surface area contributed by atoms with Gasteiger partial charge in [0.15, 0.2) is 0 Å². The van der Waals surface area contributed by atoms with Crippen molar-refractivity contribution in [1.82, 2.24) is 15.0 Å². The van der Waals surface area contributed by atoms with Crippen molar-refractivity contribution in [2.45, 2.75) is 6.42 Å². The van der Waals surface area contributed by atoms with Crippen LogP contribution in [0.4, 0.5) is 0 Å². The van der Waals surface area contributed by atoms with Gasteiger partial charge >= 0.3 is 0 Å². The first kappa shape index (κ1) is 6.10. The topological polar surface area (TPSA) is 58.6 Å². The number of rotatable bonds is 2. The third-order valence-corrected chi connectivity index (χ3v) is 0.873. The van der Waals surface area contributed by atoms with Gasteiger partial charge < -0.3 is 0 Å². The summed E-state index contributed by atoms with van der Waals surface area (Å²) in [7, 11) is 0. The summed E-state index contributed by atoms with van der Waals surface area (Å²) in [5.74, 6) is 0.569. The summed E-state index contributed by atoms with van der Waals surface area (Å²) in [6.45, 7) is -0.163. The molecule has 0 spiro atoms. The smallest absolute Gasteiger partial charge is 0.134 e. The van der Waals surface area contributed by atoms with Crippen LogP contribution >= 0.6 is 0 Å². The van der Waals surface area contributed by atoms with Crippen LogP contribution in [0.5, 0.6) is 0 Å². The first-order chi connectivity index (χ1) is 4.43. The fourth-order valence-electron chi connectivity index (χ4n) is 0.483. The molecule has 0 saturated heterocycles. The van der Waals surface area contributed by atoms with Crippen LogP contribution in [-0.4, -0.2) is 21.6 Å². The quantitative estimate of drug-likeness (QED) is 0.550. The normalized spacial score (nSPS) is 9.44. The van der Waals surface area contributed by atoms with Gasteiger partial charge in [-0.15, -0.1) is 0 Å². The van der Waals surface area contributed by atoms with Gasteiger partial charge in [0, 0.05) is 6.42 Å². The third kappa shape index (κ3) is 1.73. The summed E-state index contributed by atoms with van der Waals surface area (Å²) < 4.78 is 0. The Morgan fingerprint density at radius 2 is 2.00 bits per heavy atom. The fourth-order valence-corrected chi connectivity index (χ4v) is 0.483. The van der Waals surface area contributed by atoms with E-state index in [0.29, 0.717) is 12.2 Å². The van der Waals surface area contributed by atoms with Crippen molar-refractivity contribution in [3.63, 3.8) is 0 Å². The van der Waals surface area contributed by atoms with E-state index in [0.717, 1.165) is 0 Å². The van der Waals surface area contributed by atoms with E-state index >= 15 is 0 Å². The van der Waals surface area contributed by atoms with Crippen LogP contribution in [-0.2, 0) is 11.5 Å². The molecule has 1 rings (SSSR count).